The van der Waals surface area contributed by atoms with E-state index in [1.54, 1.807) is 32.4 Å². The van der Waals surface area contributed by atoms with Crippen molar-refractivity contribution in [2.45, 2.75) is 27.2 Å². The van der Waals surface area contributed by atoms with Gasteiger partial charge in [0.05, 0.1) is 14.2 Å². The first kappa shape index (κ1) is 13.6. The molecular formula is C14H20O3. The zero-order valence-corrected chi connectivity index (χ0v) is 11.2. The number of ketones is 1. The molecule has 0 atom stereocenters. The van der Waals surface area contributed by atoms with Crippen LogP contribution in [0.2, 0.25) is 0 Å². The van der Waals surface area contributed by atoms with Gasteiger partial charge in [-0.25, -0.2) is 0 Å². The van der Waals surface area contributed by atoms with Crippen molar-refractivity contribution in [1.29, 1.82) is 0 Å². The summed E-state index contributed by atoms with van der Waals surface area (Å²) in [5.41, 5.74) is 0.615. The fraction of sp³-hybridized carbons (Fsp3) is 0.500. The van der Waals surface area contributed by atoms with Crippen molar-refractivity contribution in [2.24, 2.45) is 5.41 Å². The van der Waals surface area contributed by atoms with Crippen LogP contribution in [0.3, 0.4) is 0 Å². The lowest BCUT2D eigenvalue weighted by Gasteiger charge is -2.17. The second kappa shape index (κ2) is 5.21. The van der Waals surface area contributed by atoms with Gasteiger partial charge in [0.2, 0.25) is 0 Å². The number of rotatable bonds is 4. The molecule has 3 heteroatoms. The molecule has 0 N–H and O–H groups in total. The van der Waals surface area contributed by atoms with Gasteiger partial charge in [0.1, 0.15) is 11.5 Å². The normalized spacial score (nSPS) is 11.1. The van der Waals surface area contributed by atoms with E-state index in [0.29, 0.717) is 23.5 Å². The van der Waals surface area contributed by atoms with Gasteiger partial charge >= 0.3 is 0 Å². The summed E-state index contributed by atoms with van der Waals surface area (Å²) in [7, 11) is 3.15. The van der Waals surface area contributed by atoms with Gasteiger partial charge < -0.3 is 9.47 Å². The highest BCUT2D eigenvalue weighted by molar-refractivity contribution is 5.97. The summed E-state index contributed by atoms with van der Waals surface area (Å²) in [5, 5.41) is 0. The Morgan fingerprint density at radius 1 is 1.06 bits per heavy atom. The minimum Gasteiger partial charge on any atom is -0.497 e. The molecule has 0 spiro atoms. The SMILES string of the molecule is COc1cc(OC)cc(C(=O)CC(C)(C)C)c1. The van der Waals surface area contributed by atoms with Gasteiger partial charge in [-0.2, -0.15) is 0 Å². The summed E-state index contributed by atoms with van der Waals surface area (Å²) >= 11 is 0. The van der Waals surface area contributed by atoms with E-state index < -0.39 is 0 Å². The van der Waals surface area contributed by atoms with Crippen LogP contribution in [-0.2, 0) is 0 Å². The molecule has 0 amide bonds. The lowest BCUT2D eigenvalue weighted by Crippen LogP contribution is -2.13. The maximum atomic E-state index is 12.1. The summed E-state index contributed by atoms with van der Waals surface area (Å²) in [6, 6.07) is 5.25. The molecule has 0 unspecified atom stereocenters. The molecule has 0 aromatic heterocycles. The van der Waals surface area contributed by atoms with Gasteiger partial charge in [-0.3, -0.25) is 4.79 Å². The summed E-state index contributed by atoms with van der Waals surface area (Å²) < 4.78 is 10.3. The van der Waals surface area contributed by atoms with E-state index in [9.17, 15) is 4.79 Å². The number of hydrogen-bond acceptors (Lipinski definition) is 3. The van der Waals surface area contributed by atoms with Crippen LogP contribution in [0, 0.1) is 5.41 Å². The van der Waals surface area contributed by atoms with E-state index in [2.05, 4.69) is 0 Å². The average Bonchev–Trinajstić information content (AvgIpc) is 2.26. The van der Waals surface area contributed by atoms with Crippen LogP contribution >= 0.6 is 0 Å². The predicted octanol–water partition coefficient (Wildman–Crippen LogP) is 3.32. The second-order valence-electron chi connectivity index (χ2n) is 5.26. The van der Waals surface area contributed by atoms with E-state index in [1.807, 2.05) is 20.8 Å². The molecule has 0 fully saturated rings. The van der Waals surface area contributed by atoms with Gasteiger partial charge in [-0.05, 0) is 17.5 Å². The number of carbonyl (C=O) groups excluding carboxylic acids is 1. The monoisotopic (exact) mass is 236 g/mol. The summed E-state index contributed by atoms with van der Waals surface area (Å²) in [5.74, 6) is 1.39. The second-order valence-corrected chi connectivity index (χ2v) is 5.26. The van der Waals surface area contributed by atoms with Crippen molar-refractivity contribution in [3.05, 3.63) is 23.8 Å². The zero-order valence-electron chi connectivity index (χ0n) is 11.2. The van der Waals surface area contributed by atoms with Crippen molar-refractivity contribution in [2.75, 3.05) is 14.2 Å². The van der Waals surface area contributed by atoms with Crippen LogP contribution in [0.5, 0.6) is 11.5 Å². The molecule has 94 valence electrons. The molecule has 1 aromatic rings. The fourth-order valence-corrected chi connectivity index (χ4v) is 1.55. The Kier molecular flexibility index (Phi) is 4.16. The first-order valence-electron chi connectivity index (χ1n) is 5.62. The zero-order chi connectivity index (χ0) is 13.1. The van der Waals surface area contributed by atoms with Gasteiger partial charge in [-0.1, -0.05) is 20.8 Å². The largest absolute Gasteiger partial charge is 0.497 e. The standard InChI is InChI=1S/C14H20O3/c1-14(2,3)9-13(15)10-6-11(16-4)8-12(7-10)17-5/h6-8H,9H2,1-5H3. The van der Waals surface area contributed by atoms with Crippen molar-refractivity contribution < 1.29 is 14.3 Å². The molecule has 0 saturated heterocycles. The predicted molar refractivity (Wildman–Crippen MR) is 67.9 cm³/mol. The number of Topliss-reactive ketones (excluding diaryl/α,β-unsaturated/α-hetero) is 1. The molecule has 3 nitrogen and oxygen atoms in total. The van der Waals surface area contributed by atoms with Crippen molar-refractivity contribution in [3.8, 4) is 11.5 Å². The van der Waals surface area contributed by atoms with E-state index in [0.717, 1.165) is 0 Å². The molecule has 17 heavy (non-hydrogen) atoms. The van der Waals surface area contributed by atoms with Gasteiger partial charge in [0.25, 0.3) is 0 Å². The minimum atomic E-state index is -0.0204. The first-order valence-corrected chi connectivity index (χ1v) is 5.62. The number of ether oxygens (including phenoxy) is 2. The fourth-order valence-electron chi connectivity index (χ4n) is 1.55. The third kappa shape index (κ3) is 4.10. The number of carbonyl (C=O) groups is 1. The molecule has 1 rings (SSSR count). The minimum absolute atomic E-state index is 0.0204. The summed E-state index contributed by atoms with van der Waals surface area (Å²) in [4.78, 5) is 12.1. The number of hydrogen-bond donors (Lipinski definition) is 0. The molecule has 0 saturated carbocycles. The highest BCUT2D eigenvalue weighted by atomic mass is 16.5. The molecule has 0 aliphatic carbocycles. The Morgan fingerprint density at radius 2 is 1.53 bits per heavy atom. The van der Waals surface area contributed by atoms with Crippen LogP contribution in [0.25, 0.3) is 0 Å². The molecule has 0 bridgehead atoms. The van der Waals surface area contributed by atoms with Gasteiger partial charge in [0.15, 0.2) is 5.78 Å². The Balaban J connectivity index is 3.00. The average molecular weight is 236 g/mol. The molecule has 1 aromatic carbocycles. The van der Waals surface area contributed by atoms with E-state index in [1.165, 1.54) is 0 Å². The van der Waals surface area contributed by atoms with E-state index in [-0.39, 0.29) is 11.2 Å². The third-order valence-electron chi connectivity index (χ3n) is 2.36. The molecule has 0 aliphatic heterocycles. The number of methoxy groups -OCH3 is 2. The smallest absolute Gasteiger partial charge is 0.163 e. The highest BCUT2D eigenvalue weighted by Gasteiger charge is 2.18. The third-order valence-corrected chi connectivity index (χ3v) is 2.36. The van der Waals surface area contributed by atoms with Crippen molar-refractivity contribution in [1.82, 2.24) is 0 Å². The van der Waals surface area contributed by atoms with Crippen LogP contribution in [0.4, 0.5) is 0 Å². The molecule has 0 aliphatic rings. The van der Waals surface area contributed by atoms with Crippen LogP contribution in [0.1, 0.15) is 37.6 Å². The maximum absolute atomic E-state index is 12.1. The van der Waals surface area contributed by atoms with Crippen molar-refractivity contribution in [3.63, 3.8) is 0 Å². The topological polar surface area (TPSA) is 35.5 Å². The Morgan fingerprint density at radius 3 is 1.88 bits per heavy atom. The van der Waals surface area contributed by atoms with E-state index >= 15 is 0 Å². The summed E-state index contributed by atoms with van der Waals surface area (Å²) in [6.07, 6.45) is 0.503. The van der Waals surface area contributed by atoms with Crippen LogP contribution in [0.15, 0.2) is 18.2 Å². The Labute approximate surface area is 103 Å². The van der Waals surface area contributed by atoms with Gasteiger partial charge in [0, 0.05) is 18.1 Å². The lowest BCUT2D eigenvalue weighted by atomic mass is 9.88. The van der Waals surface area contributed by atoms with Gasteiger partial charge in [-0.15, -0.1) is 0 Å². The summed E-state index contributed by atoms with van der Waals surface area (Å²) in [6.45, 7) is 6.13. The Bertz CT molecular complexity index is 380. The molecule has 0 heterocycles. The molecular weight excluding hydrogens is 216 g/mol. The van der Waals surface area contributed by atoms with E-state index in [4.69, 9.17) is 9.47 Å². The van der Waals surface area contributed by atoms with Crippen LogP contribution < -0.4 is 9.47 Å². The lowest BCUT2D eigenvalue weighted by molar-refractivity contribution is 0.0939. The highest BCUT2D eigenvalue weighted by Crippen LogP contribution is 2.26. The maximum Gasteiger partial charge on any atom is 0.163 e. The van der Waals surface area contributed by atoms with Crippen molar-refractivity contribution >= 4 is 5.78 Å². The number of benzene rings is 1. The van der Waals surface area contributed by atoms with Crippen LogP contribution in [-0.4, -0.2) is 20.0 Å². The first-order chi connectivity index (χ1) is 7.85. The Hall–Kier alpha value is -1.51. The molecule has 0 radical (unpaired) electrons. The quantitative estimate of drug-likeness (QED) is 0.752.